The molecule has 0 aliphatic carbocycles. The van der Waals surface area contributed by atoms with E-state index in [0.29, 0.717) is 13.0 Å². The summed E-state index contributed by atoms with van der Waals surface area (Å²) in [7, 11) is 1.73. The van der Waals surface area contributed by atoms with Gasteiger partial charge in [-0.1, -0.05) is 0 Å². The standard InChI is InChI=1S/C10H17BrN4O/c1-6-9(11)7(2)15(14-6)5-4-8(13-3)10(12)16/h8,13H,4-5H2,1-3H3,(H2,12,16). The molecule has 90 valence electrons. The van der Waals surface area contributed by atoms with Crippen LogP contribution in [-0.2, 0) is 11.3 Å². The summed E-state index contributed by atoms with van der Waals surface area (Å²) < 4.78 is 2.90. The lowest BCUT2D eigenvalue weighted by Gasteiger charge is -2.12. The van der Waals surface area contributed by atoms with E-state index in [0.717, 1.165) is 15.9 Å². The van der Waals surface area contributed by atoms with Crippen LogP contribution < -0.4 is 11.1 Å². The quantitative estimate of drug-likeness (QED) is 0.839. The molecule has 1 aromatic heterocycles. The molecule has 1 heterocycles. The molecule has 0 saturated carbocycles. The van der Waals surface area contributed by atoms with Crippen molar-refractivity contribution in [1.29, 1.82) is 0 Å². The molecule has 6 heteroatoms. The number of rotatable bonds is 5. The summed E-state index contributed by atoms with van der Waals surface area (Å²) in [5.41, 5.74) is 7.27. The minimum absolute atomic E-state index is 0.303. The van der Waals surface area contributed by atoms with Gasteiger partial charge in [-0.3, -0.25) is 9.48 Å². The van der Waals surface area contributed by atoms with Crippen LogP contribution in [0.15, 0.2) is 4.47 Å². The van der Waals surface area contributed by atoms with Crippen LogP contribution in [0.25, 0.3) is 0 Å². The number of halogens is 1. The lowest BCUT2D eigenvalue weighted by atomic mass is 10.2. The summed E-state index contributed by atoms with van der Waals surface area (Å²) >= 11 is 3.46. The van der Waals surface area contributed by atoms with Crippen LogP contribution in [-0.4, -0.2) is 28.8 Å². The second-order valence-electron chi connectivity index (χ2n) is 3.74. The smallest absolute Gasteiger partial charge is 0.234 e. The predicted octanol–water partition coefficient (Wildman–Crippen LogP) is 0.726. The van der Waals surface area contributed by atoms with Crippen LogP contribution in [0, 0.1) is 13.8 Å². The van der Waals surface area contributed by atoms with Gasteiger partial charge in [-0.15, -0.1) is 0 Å². The number of carbonyl (C=O) groups is 1. The molecule has 1 unspecified atom stereocenters. The van der Waals surface area contributed by atoms with Crippen molar-refractivity contribution >= 4 is 21.8 Å². The van der Waals surface area contributed by atoms with Gasteiger partial charge in [0.2, 0.25) is 5.91 Å². The van der Waals surface area contributed by atoms with E-state index in [1.165, 1.54) is 0 Å². The van der Waals surface area contributed by atoms with E-state index in [1.54, 1.807) is 7.05 Å². The summed E-state index contributed by atoms with van der Waals surface area (Å²) in [6.45, 7) is 4.60. The Morgan fingerprint density at radius 3 is 2.62 bits per heavy atom. The van der Waals surface area contributed by atoms with E-state index in [9.17, 15) is 4.79 Å². The Labute approximate surface area is 104 Å². The Morgan fingerprint density at radius 1 is 1.62 bits per heavy atom. The molecule has 5 nitrogen and oxygen atoms in total. The van der Waals surface area contributed by atoms with E-state index >= 15 is 0 Å². The topological polar surface area (TPSA) is 72.9 Å². The molecular weight excluding hydrogens is 272 g/mol. The number of nitrogens with one attached hydrogen (secondary N) is 1. The average molecular weight is 289 g/mol. The average Bonchev–Trinajstić information content (AvgIpc) is 2.47. The van der Waals surface area contributed by atoms with Gasteiger partial charge < -0.3 is 11.1 Å². The second-order valence-corrected chi connectivity index (χ2v) is 4.53. The monoisotopic (exact) mass is 288 g/mol. The van der Waals surface area contributed by atoms with Crippen LogP contribution >= 0.6 is 15.9 Å². The van der Waals surface area contributed by atoms with Gasteiger partial charge in [-0.25, -0.2) is 0 Å². The minimum Gasteiger partial charge on any atom is -0.368 e. The molecule has 0 radical (unpaired) electrons. The number of aryl methyl sites for hydroxylation is 2. The number of nitrogens with two attached hydrogens (primary N) is 1. The molecule has 1 rings (SSSR count). The molecule has 1 aromatic rings. The third-order valence-electron chi connectivity index (χ3n) is 2.61. The molecule has 0 aromatic carbocycles. The van der Waals surface area contributed by atoms with Crippen LogP contribution in [0.2, 0.25) is 0 Å². The summed E-state index contributed by atoms with van der Waals surface area (Å²) in [4.78, 5) is 11.0. The molecule has 0 aliphatic heterocycles. The first-order valence-corrected chi connectivity index (χ1v) is 5.92. The van der Waals surface area contributed by atoms with Crippen molar-refractivity contribution in [3.05, 3.63) is 15.9 Å². The van der Waals surface area contributed by atoms with Crippen molar-refractivity contribution in [3.63, 3.8) is 0 Å². The summed E-state index contributed by atoms with van der Waals surface area (Å²) in [5, 5.41) is 7.25. The molecule has 0 bridgehead atoms. The van der Waals surface area contributed by atoms with Crippen LogP contribution in [0.1, 0.15) is 17.8 Å². The number of aromatic nitrogens is 2. The third-order valence-corrected chi connectivity index (χ3v) is 3.76. The third kappa shape index (κ3) is 2.82. The Hall–Kier alpha value is -0.880. The van der Waals surface area contributed by atoms with E-state index in [2.05, 4.69) is 26.3 Å². The Kier molecular flexibility index (Phi) is 4.49. The van der Waals surface area contributed by atoms with E-state index < -0.39 is 0 Å². The summed E-state index contributed by atoms with van der Waals surface area (Å²) in [6, 6.07) is -0.303. The zero-order valence-corrected chi connectivity index (χ0v) is 11.3. The fourth-order valence-corrected chi connectivity index (χ4v) is 1.86. The molecule has 16 heavy (non-hydrogen) atoms. The van der Waals surface area contributed by atoms with E-state index in [-0.39, 0.29) is 11.9 Å². The molecule has 1 atom stereocenters. The maximum Gasteiger partial charge on any atom is 0.234 e. The first kappa shape index (κ1) is 13.2. The number of hydrogen-bond acceptors (Lipinski definition) is 3. The first-order chi connectivity index (χ1) is 7.47. The molecule has 0 spiro atoms. The molecule has 0 fully saturated rings. The van der Waals surface area contributed by atoms with Crippen LogP contribution in [0.5, 0.6) is 0 Å². The number of likely N-dealkylation sites (N-methyl/N-ethyl adjacent to an activating group) is 1. The van der Waals surface area contributed by atoms with Crippen molar-refractivity contribution in [2.75, 3.05) is 7.05 Å². The summed E-state index contributed by atoms with van der Waals surface area (Å²) in [5.74, 6) is -0.330. The Bertz CT molecular complexity index is 388. The fraction of sp³-hybridized carbons (Fsp3) is 0.600. The van der Waals surface area contributed by atoms with E-state index in [4.69, 9.17) is 5.73 Å². The first-order valence-electron chi connectivity index (χ1n) is 5.13. The summed E-state index contributed by atoms with van der Waals surface area (Å²) in [6.07, 6.45) is 0.639. The van der Waals surface area contributed by atoms with Crippen LogP contribution in [0.4, 0.5) is 0 Å². The van der Waals surface area contributed by atoms with Crippen molar-refractivity contribution in [2.24, 2.45) is 5.73 Å². The zero-order valence-electron chi connectivity index (χ0n) is 9.75. The van der Waals surface area contributed by atoms with Crippen molar-refractivity contribution < 1.29 is 4.79 Å². The minimum atomic E-state index is -0.330. The van der Waals surface area contributed by atoms with Crippen molar-refractivity contribution in [1.82, 2.24) is 15.1 Å². The molecule has 3 N–H and O–H groups in total. The number of hydrogen-bond donors (Lipinski definition) is 2. The second kappa shape index (κ2) is 5.45. The highest BCUT2D eigenvalue weighted by molar-refractivity contribution is 9.10. The van der Waals surface area contributed by atoms with Gasteiger partial charge in [0.05, 0.1) is 16.2 Å². The fourth-order valence-electron chi connectivity index (χ4n) is 1.57. The van der Waals surface area contributed by atoms with Crippen molar-refractivity contribution in [3.8, 4) is 0 Å². The highest BCUT2D eigenvalue weighted by Gasteiger charge is 2.14. The SMILES string of the molecule is CNC(CCn1nc(C)c(Br)c1C)C(N)=O. The maximum absolute atomic E-state index is 11.0. The Morgan fingerprint density at radius 2 is 2.25 bits per heavy atom. The lowest BCUT2D eigenvalue weighted by molar-refractivity contribution is -0.120. The number of carbonyl (C=O) groups excluding carboxylic acids is 1. The number of primary amides is 1. The molecule has 1 amide bonds. The van der Waals surface area contributed by atoms with Gasteiger partial charge in [-0.05, 0) is 43.2 Å². The van der Waals surface area contributed by atoms with Gasteiger partial charge in [0.25, 0.3) is 0 Å². The lowest BCUT2D eigenvalue weighted by Crippen LogP contribution is -2.39. The van der Waals surface area contributed by atoms with Crippen molar-refractivity contribution in [2.45, 2.75) is 32.9 Å². The van der Waals surface area contributed by atoms with Gasteiger partial charge in [-0.2, -0.15) is 5.10 Å². The maximum atomic E-state index is 11.0. The highest BCUT2D eigenvalue weighted by Crippen LogP contribution is 2.19. The molecular formula is C10H17BrN4O. The van der Waals surface area contributed by atoms with E-state index in [1.807, 2.05) is 18.5 Å². The normalized spacial score (nSPS) is 12.8. The molecule has 0 saturated heterocycles. The zero-order chi connectivity index (χ0) is 12.3. The van der Waals surface area contributed by atoms with Gasteiger partial charge >= 0.3 is 0 Å². The number of nitrogens with zero attached hydrogens (tertiary/aromatic N) is 2. The van der Waals surface area contributed by atoms with Gasteiger partial charge in [0.1, 0.15) is 0 Å². The molecule has 0 aliphatic rings. The number of amides is 1. The van der Waals surface area contributed by atoms with Gasteiger partial charge in [0.15, 0.2) is 0 Å². The Balaban J connectivity index is 2.67. The highest BCUT2D eigenvalue weighted by atomic mass is 79.9. The predicted molar refractivity (Wildman–Crippen MR) is 66.1 cm³/mol. The largest absolute Gasteiger partial charge is 0.368 e. The van der Waals surface area contributed by atoms with Crippen LogP contribution in [0.3, 0.4) is 0 Å². The van der Waals surface area contributed by atoms with Gasteiger partial charge in [0, 0.05) is 12.2 Å².